The zero-order valence-electron chi connectivity index (χ0n) is 10.9. The monoisotopic (exact) mass is 261 g/mol. The Morgan fingerprint density at radius 2 is 2.16 bits per heavy atom. The van der Waals surface area contributed by atoms with Gasteiger partial charge in [-0.05, 0) is 30.0 Å². The van der Waals surface area contributed by atoms with Gasteiger partial charge < -0.3 is 15.2 Å². The second kappa shape index (κ2) is 5.21. The number of rotatable bonds is 3. The van der Waals surface area contributed by atoms with Crippen molar-refractivity contribution in [3.05, 3.63) is 23.8 Å². The van der Waals surface area contributed by atoms with Gasteiger partial charge in [-0.15, -0.1) is 0 Å². The summed E-state index contributed by atoms with van der Waals surface area (Å²) >= 11 is 0. The molecule has 2 N–H and O–H groups in total. The predicted octanol–water partition coefficient (Wildman–Crippen LogP) is 2.63. The van der Waals surface area contributed by atoms with Gasteiger partial charge in [0, 0.05) is 0 Å². The molecular weight excluding hydrogens is 242 g/mol. The van der Waals surface area contributed by atoms with Gasteiger partial charge in [-0.1, -0.05) is 31.7 Å². The molecule has 2 aliphatic rings. The van der Waals surface area contributed by atoms with E-state index in [4.69, 9.17) is 4.74 Å². The molecule has 4 heteroatoms. The maximum atomic E-state index is 11.3. The van der Waals surface area contributed by atoms with Crippen LogP contribution in [0, 0.1) is 5.92 Å². The quantitative estimate of drug-likeness (QED) is 0.879. The first-order valence-electron chi connectivity index (χ1n) is 6.97. The molecule has 1 fully saturated rings. The fourth-order valence-electron chi connectivity index (χ4n) is 3.01. The SMILES string of the molecule is O=C1COc2ccc(C(O)CC3CCCC3)cc2N1. The first kappa shape index (κ1) is 12.5. The Morgan fingerprint density at radius 1 is 1.37 bits per heavy atom. The zero-order valence-corrected chi connectivity index (χ0v) is 10.9. The highest BCUT2D eigenvalue weighted by Crippen LogP contribution is 2.35. The zero-order chi connectivity index (χ0) is 13.2. The summed E-state index contributed by atoms with van der Waals surface area (Å²) in [6.45, 7) is 0.0664. The summed E-state index contributed by atoms with van der Waals surface area (Å²) in [6, 6.07) is 5.53. The van der Waals surface area contributed by atoms with Crippen LogP contribution in [0.1, 0.15) is 43.8 Å². The van der Waals surface area contributed by atoms with E-state index in [0.29, 0.717) is 17.4 Å². The minimum absolute atomic E-state index is 0.0664. The fourth-order valence-corrected chi connectivity index (χ4v) is 3.01. The van der Waals surface area contributed by atoms with Crippen molar-refractivity contribution in [1.82, 2.24) is 0 Å². The van der Waals surface area contributed by atoms with Crippen molar-refractivity contribution in [2.45, 2.75) is 38.2 Å². The van der Waals surface area contributed by atoms with Gasteiger partial charge in [-0.2, -0.15) is 0 Å². The van der Waals surface area contributed by atoms with Crippen LogP contribution in [0.2, 0.25) is 0 Å². The number of hydrogen-bond acceptors (Lipinski definition) is 3. The Morgan fingerprint density at radius 3 is 2.95 bits per heavy atom. The molecule has 0 aromatic heterocycles. The van der Waals surface area contributed by atoms with Gasteiger partial charge in [0.1, 0.15) is 5.75 Å². The molecule has 1 amide bonds. The summed E-state index contributed by atoms with van der Waals surface area (Å²) in [5, 5.41) is 13.1. The largest absolute Gasteiger partial charge is 0.482 e. The normalized spacial score (nSPS) is 20.6. The van der Waals surface area contributed by atoms with E-state index >= 15 is 0 Å². The van der Waals surface area contributed by atoms with E-state index < -0.39 is 6.10 Å². The van der Waals surface area contributed by atoms with Crippen LogP contribution in [-0.4, -0.2) is 17.6 Å². The summed E-state index contributed by atoms with van der Waals surface area (Å²) in [4.78, 5) is 11.3. The summed E-state index contributed by atoms with van der Waals surface area (Å²) < 4.78 is 5.31. The molecule has 1 atom stereocenters. The number of anilines is 1. The van der Waals surface area contributed by atoms with Crippen LogP contribution < -0.4 is 10.1 Å². The molecule has 3 rings (SSSR count). The third kappa shape index (κ3) is 2.73. The third-order valence-corrected chi connectivity index (χ3v) is 4.05. The Balaban J connectivity index is 1.73. The van der Waals surface area contributed by atoms with Gasteiger partial charge >= 0.3 is 0 Å². The molecule has 1 aliphatic carbocycles. The molecule has 1 unspecified atom stereocenters. The van der Waals surface area contributed by atoms with Crippen molar-refractivity contribution in [3.8, 4) is 5.75 Å². The van der Waals surface area contributed by atoms with Crippen LogP contribution in [-0.2, 0) is 4.79 Å². The number of ether oxygens (including phenoxy) is 1. The maximum Gasteiger partial charge on any atom is 0.262 e. The van der Waals surface area contributed by atoms with Crippen molar-refractivity contribution in [2.75, 3.05) is 11.9 Å². The van der Waals surface area contributed by atoms with E-state index in [0.717, 1.165) is 12.0 Å². The lowest BCUT2D eigenvalue weighted by Gasteiger charge is -2.21. The highest BCUT2D eigenvalue weighted by Gasteiger charge is 2.22. The molecule has 1 aliphatic heterocycles. The number of carbonyl (C=O) groups excluding carboxylic acids is 1. The van der Waals surface area contributed by atoms with Crippen LogP contribution >= 0.6 is 0 Å². The smallest absolute Gasteiger partial charge is 0.262 e. The first-order chi connectivity index (χ1) is 9.22. The molecule has 19 heavy (non-hydrogen) atoms. The Labute approximate surface area is 112 Å². The standard InChI is InChI=1S/C15H19NO3/c17-13(7-10-3-1-2-4-10)11-5-6-14-12(8-11)16-15(18)9-19-14/h5-6,8,10,13,17H,1-4,7,9H2,(H,16,18). The molecule has 102 valence electrons. The fraction of sp³-hybridized carbons (Fsp3) is 0.533. The van der Waals surface area contributed by atoms with Gasteiger partial charge in [0.2, 0.25) is 0 Å². The van der Waals surface area contributed by atoms with Gasteiger partial charge in [-0.25, -0.2) is 0 Å². The minimum atomic E-state index is -0.452. The average molecular weight is 261 g/mol. The molecule has 0 bridgehead atoms. The molecule has 4 nitrogen and oxygen atoms in total. The molecule has 0 spiro atoms. The van der Waals surface area contributed by atoms with Crippen LogP contribution in [0.25, 0.3) is 0 Å². The first-order valence-corrected chi connectivity index (χ1v) is 6.97. The predicted molar refractivity (Wildman–Crippen MR) is 72.1 cm³/mol. The highest BCUT2D eigenvalue weighted by atomic mass is 16.5. The second-order valence-electron chi connectivity index (χ2n) is 5.49. The molecular formula is C15H19NO3. The van der Waals surface area contributed by atoms with Gasteiger partial charge in [-0.3, -0.25) is 4.79 Å². The summed E-state index contributed by atoms with van der Waals surface area (Å²) in [6.07, 6.45) is 5.38. The molecule has 1 heterocycles. The molecule has 1 aromatic rings. The number of fused-ring (bicyclic) bond motifs is 1. The van der Waals surface area contributed by atoms with Crippen LogP contribution in [0.4, 0.5) is 5.69 Å². The second-order valence-corrected chi connectivity index (χ2v) is 5.49. The number of nitrogens with one attached hydrogen (secondary N) is 1. The number of aliphatic hydroxyl groups excluding tert-OH is 1. The highest BCUT2D eigenvalue weighted by molar-refractivity contribution is 5.95. The Bertz CT molecular complexity index is 480. The van der Waals surface area contributed by atoms with E-state index in [1.165, 1.54) is 25.7 Å². The van der Waals surface area contributed by atoms with Gasteiger partial charge in [0.25, 0.3) is 5.91 Å². The van der Waals surface area contributed by atoms with E-state index in [1.54, 1.807) is 0 Å². The summed E-state index contributed by atoms with van der Waals surface area (Å²) in [5.74, 6) is 1.17. The van der Waals surface area contributed by atoms with Crippen molar-refractivity contribution < 1.29 is 14.6 Å². The van der Waals surface area contributed by atoms with E-state index in [-0.39, 0.29) is 12.5 Å². The van der Waals surface area contributed by atoms with E-state index in [1.807, 2.05) is 18.2 Å². The van der Waals surface area contributed by atoms with Crippen LogP contribution in [0.15, 0.2) is 18.2 Å². The Hall–Kier alpha value is -1.55. The number of amides is 1. The van der Waals surface area contributed by atoms with Crippen molar-refractivity contribution >= 4 is 11.6 Å². The van der Waals surface area contributed by atoms with Crippen molar-refractivity contribution in [2.24, 2.45) is 5.92 Å². The number of benzene rings is 1. The molecule has 0 radical (unpaired) electrons. The average Bonchev–Trinajstić information content (AvgIpc) is 2.90. The van der Waals surface area contributed by atoms with Crippen LogP contribution in [0.5, 0.6) is 5.75 Å². The topological polar surface area (TPSA) is 58.6 Å². The van der Waals surface area contributed by atoms with E-state index in [2.05, 4.69) is 5.32 Å². The number of hydrogen-bond donors (Lipinski definition) is 2. The number of carbonyl (C=O) groups is 1. The van der Waals surface area contributed by atoms with Crippen LogP contribution in [0.3, 0.4) is 0 Å². The molecule has 0 saturated heterocycles. The lowest BCUT2D eigenvalue weighted by Crippen LogP contribution is -2.25. The van der Waals surface area contributed by atoms with Crippen molar-refractivity contribution in [3.63, 3.8) is 0 Å². The lowest BCUT2D eigenvalue weighted by atomic mass is 9.95. The summed E-state index contributed by atoms with van der Waals surface area (Å²) in [7, 11) is 0. The third-order valence-electron chi connectivity index (χ3n) is 4.05. The van der Waals surface area contributed by atoms with Gasteiger partial charge in [0.05, 0.1) is 11.8 Å². The van der Waals surface area contributed by atoms with Crippen molar-refractivity contribution in [1.29, 1.82) is 0 Å². The summed E-state index contributed by atoms with van der Waals surface area (Å²) in [5.41, 5.74) is 1.52. The maximum absolute atomic E-state index is 11.3. The minimum Gasteiger partial charge on any atom is -0.482 e. The molecule has 1 saturated carbocycles. The Kier molecular flexibility index (Phi) is 3.42. The lowest BCUT2D eigenvalue weighted by molar-refractivity contribution is -0.118. The number of aliphatic hydroxyl groups is 1. The van der Waals surface area contributed by atoms with E-state index in [9.17, 15) is 9.90 Å². The van der Waals surface area contributed by atoms with Gasteiger partial charge in [0.15, 0.2) is 6.61 Å². The molecule has 1 aromatic carbocycles.